The Labute approximate surface area is 106 Å². The van der Waals surface area contributed by atoms with E-state index in [9.17, 15) is 0 Å². The fraction of sp³-hybridized carbons (Fsp3) is 0.929. The third-order valence-electron chi connectivity index (χ3n) is 4.15. The summed E-state index contributed by atoms with van der Waals surface area (Å²) in [4.78, 5) is 2.44. The lowest BCUT2D eigenvalue weighted by Crippen LogP contribution is -2.45. The van der Waals surface area contributed by atoms with Crippen LogP contribution < -0.4 is 5.32 Å². The van der Waals surface area contributed by atoms with Gasteiger partial charge in [0, 0.05) is 6.54 Å². The molecule has 17 heavy (non-hydrogen) atoms. The maximum Gasteiger partial charge on any atom is 0.108 e. The number of hydrogen-bond donors (Lipinski definition) is 1. The molecule has 0 aliphatic carbocycles. The number of nitriles is 1. The van der Waals surface area contributed by atoms with Gasteiger partial charge in [0.15, 0.2) is 0 Å². The molecule has 1 aliphatic rings. The van der Waals surface area contributed by atoms with Crippen LogP contribution in [0.25, 0.3) is 0 Å². The van der Waals surface area contributed by atoms with Gasteiger partial charge in [-0.25, -0.2) is 0 Å². The summed E-state index contributed by atoms with van der Waals surface area (Å²) in [5, 5.41) is 12.4. The van der Waals surface area contributed by atoms with Crippen molar-refractivity contribution >= 4 is 0 Å². The lowest BCUT2D eigenvalue weighted by molar-refractivity contribution is 0.111. The zero-order chi connectivity index (χ0) is 12.7. The van der Waals surface area contributed by atoms with Gasteiger partial charge < -0.3 is 10.2 Å². The molecule has 0 bridgehead atoms. The molecule has 0 radical (unpaired) electrons. The Balaban J connectivity index is 2.31. The van der Waals surface area contributed by atoms with Crippen LogP contribution in [0.2, 0.25) is 0 Å². The molecule has 0 amide bonds. The summed E-state index contributed by atoms with van der Waals surface area (Å²) in [6.07, 6.45) is 4.91. The van der Waals surface area contributed by atoms with Crippen molar-refractivity contribution in [3.8, 4) is 6.07 Å². The summed E-state index contributed by atoms with van der Waals surface area (Å²) < 4.78 is 0. The van der Waals surface area contributed by atoms with E-state index in [1.807, 2.05) is 0 Å². The van der Waals surface area contributed by atoms with Gasteiger partial charge in [0.25, 0.3) is 0 Å². The monoisotopic (exact) mass is 237 g/mol. The summed E-state index contributed by atoms with van der Waals surface area (Å²) in [5.74, 6) is 0. The van der Waals surface area contributed by atoms with E-state index < -0.39 is 0 Å². The Kier molecular flexibility index (Phi) is 5.94. The highest BCUT2D eigenvalue weighted by Crippen LogP contribution is 2.33. The van der Waals surface area contributed by atoms with Crippen molar-refractivity contribution in [1.82, 2.24) is 10.2 Å². The molecule has 1 atom stereocenters. The molecule has 0 aromatic carbocycles. The Morgan fingerprint density at radius 1 is 1.35 bits per heavy atom. The quantitative estimate of drug-likeness (QED) is 0.771. The van der Waals surface area contributed by atoms with E-state index >= 15 is 0 Å². The molecule has 1 N–H and O–H groups in total. The highest BCUT2D eigenvalue weighted by molar-refractivity contribution is 4.93. The first kappa shape index (κ1) is 14.5. The first-order chi connectivity index (χ1) is 8.13. The number of piperidine rings is 1. The van der Waals surface area contributed by atoms with Gasteiger partial charge in [-0.3, -0.25) is 0 Å². The molecule has 98 valence electrons. The second-order valence-electron chi connectivity index (χ2n) is 5.60. The number of likely N-dealkylation sites (tertiary alicyclic amines) is 1. The van der Waals surface area contributed by atoms with Crippen molar-refractivity contribution in [2.45, 2.75) is 52.5 Å². The molecule has 1 fully saturated rings. The first-order valence-corrected chi connectivity index (χ1v) is 6.99. The smallest absolute Gasteiger partial charge is 0.108 e. The fourth-order valence-electron chi connectivity index (χ4n) is 2.36. The van der Waals surface area contributed by atoms with E-state index in [1.54, 1.807) is 0 Å². The maximum absolute atomic E-state index is 9.09. The zero-order valence-electron chi connectivity index (χ0n) is 11.6. The minimum absolute atomic E-state index is 0.000864. The molecule has 0 spiro atoms. The molecule has 1 saturated heterocycles. The van der Waals surface area contributed by atoms with Crippen LogP contribution in [0, 0.1) is 16.7 Å². The third-order valence-corrected chi connectivity index (χ3v) is 4.15. The van der Waals surface area contributed by atoms with E-state index in [-0.39, 0.29) is 6.04 Å². The maximum atomic E-state index is 9.09. The molecule has 0 saturated carbocycles. The number of nitrogens with zero attached hydrogens (tertiary/aromatic N) is 2. The van der Waals surface area contributed by atoms with Crippen LogP contribution in [0.4, 0.5) is 0 Å². The lowest BCUT2D eigenvalue weighted by atomic mass is 9.78. The van der Waals surface area contributed by atoms with Crippen molar-refractivity contribution in [2.75, 3.05) is 26.2 Å². The van der Waals surface area contributed by atoms with Gasteiger partial charge in [0.2, 0.25) is 0 Å². The van der Waals surface area contributed by atoms with Gasteiger partial charge in [0.05, 0.1) is 6.07 Å². The molecule has 1 unspecified atom stereocenters. The van der Waals surface area contributed by atoms with Crippen molar-refractivity contribution < 1.29 is 0 Å². The summed E-state index contributed by atoms with van der Waals surface area (Å²) in [7, 11) is 0. The van der Waals surface area contributed by atoms with Crippen LogP contribution in [-0.2, 0) is 0 Å². The van der Waals surface area contributed by atoms with E-state index in [4.69, 9.17) is 5.26 Å². The van der Waals surface area contributed by atoms with E-state index in [1.165, 1.54) is 19.3 Å². The van der Waals surface area contributed by atoms with Crippen molar-refractivity contribution in [1.29, 1.82) is 5.26 Å². The highest BCUT2D eigenvalue weighted by Gasteiger charge is 2.28. The van der Waals surface area contributed by atoms with Gasteiger partial charge in [-0.2, -0.15) is 5.26 Å². The summed E-state index contributed by atoms with van der Waals surface area (Å²) in [6.45, 7) is 10.9. The van der Waals surface area contributed by atoms with Gasteiger partial charge >= 0.3 is 0 Å². The van der Waals surface area contributed by atoms with Crippen LogP contribution in [0.1, 0.15) is 46.5 Å². The third kappa shape index (κ3) is 4.65. The molecule has 1 heterocycles. The van der Waals surface area contributed by atoms with Gasteiger partial charge in [-0.05, 0) is 44.3 Å². The van der Waals surface area contributed by atoms with Gasteiger partial charge in [0.1, 0.15) is 6.04 Å². The van der Waals surface area contributed by atoms with E-state index in [2.05, 4.69) is 37.1 Å². The van der Waals surface area contributed by atoms with E-state index in [0.717, 1.165) is 32.6 Å². The number of nitrogens with one attached hydrogen (secondary N) is 1. The van der Waals surface area contributed by atoms with Crippen molar-refractivity contribution in [3.05, 3.63) is 0 Å². The normalized spacial score (nSPS) is 22.0. The number of hydrogen-bond acceptors (Lipinski definition) is 3. The van der Waals surface area contributed by atoms with Crippen LogP contribution in [-0.4, -0.2) is 37.1 Å². The Morgan fingerprint density at radius 2 is 2.00 bits per heavy atom. The molecular weight excluding hydrogens is 210 g/mol. The topological polar surface area (TPSA) is 39.1 Å². The van der Waals surface area contributed by atoms with Crippen molar-refractivity contribution in [2.24, 2.45) is 5.41 Å². The predicted molar refractivity (Wildman–Crippen MR) is 71.8 cm³/mol. The molecule has 0 aromatic rings. The molecule has 1 aliphatic heterocycles. The predicted octanol–water partition coefficient (Wildman–Crippen LogP) is 2.39. The first-order valence-electron chi connectivity index (χ1n) is 6.99. The Bertz CT molecular complexity index is 249. The second-order valence-corrected chi connectivity index (χ2v) is 5.60. The minimum atomic E-state index is 0.000864. The Morgan fingerprint density at radius 3 is 2.47 bits per heavy atom. The molecule has 0 aromatic heterocycles. The molecular formula is C14H27N3. The fourth-order valence-corrected chi connectivity index (χ4v) is 2.36. The van der Waals surface area contributed by atoms with E-state index in [0.29, 0.717) is 5.41 Å². The van der Waals surface area contributed by atoms with Crippen LogP contribution in [0.3, 0.4) is 0 Å². The zero-order valence-corrected chi connectivity index (χ0v) is 11.6. The molecule has 1 rings (SSSR count). The summed E-state index contributed by atoms with van der Waals surface area (Å²) in [5.41, 5.74) is 0.537. The van der Waals surface area contributed by atoms with Crippen LogP contribution >= 0.6 is 0 Å². The SMILES string of the molecule is CCCNC(C#N)CN1CCC(C)(CC)CC1. The second kappa shape index (κ2) is 6.98. The highest BCUT2D eigenvalue weighted by atomic mass is 15.2. The largest absolute Gasteiger partial charge is 0.301 e. The average Bonchev–Trinajstić information content (AvgIpc) is 2.37. The molecule has 3 heteroatoms. The lowest BCUT2D eigenvalue weighted by Gasteiger charge is -2.39. The number of rotatable bonds is 6. The summed E-state index contributed by atoms with van der Waals surface area (Å²) in [6, 6.07) is 2.37. The van der Waals surface area contributed by atoms with Crippen LogP contribution in [0.15, 0.2) is 0 Å². The summed E-state index contributed by atoms with van der Waals surface area (Å²) >= 11 is 0. The molecule has 3 nitrogen and oxygen atoms in total. The van der Waals surface area contributed by atoms with Crippen LogP contribution in [0.5, 0.6) is 0 Å². The van der Waals surface area contributed by atoms with Gasteiger partial charge in [-0.1, -0.05) is 27.2 Å². The minimum Gasteiger partial charge on any atom is -0.301 e. The van der Waals surface area contributed by atoms with Crippen molar-refractivity contribution in [3.63, 3.8) is 0 Å². The Hall–Kier alpha value is -0.590. The standard InChI is InChI=1S/C14H27N3/c1-4-8-16-13(11-15)12-17-9-6-14(3,5-2)7-10-17/h13,16H,4-10,12H2,1-3H3. The van der Waals surface area contributed by atoms with Gasteiger partial charge in [-0.15, -0.1) is 0 Å². The average molecular weight is 237 g/mol.